The predicted octanol–water partition coefficient (Wildman–Crippen LogP) is 1.71. The summed E-state index contributed by atoms with van der Waals surface area (Å²) in [6.45, 7) is 6.46. The minimum atomic E-state index is 0.266. The van der Waals surface area contributed by atoms with Crippen LogP contribution in [0.15, 0.2) is 24.9 Å². The molecule has 0 spiro atoms. The number of aryl methyl sites for hydroxylation is 1. The van der Waals surface area contributed by atoms with Gasteiger partial charge in [-0.1, -0.05) is 0 Å². The molecule has 1 atom stereocenters. The first kappa shape index (κ1) is 13.6. The molecule has 1 N–H and O–H groups in total. The lowest BCUT2D eigenvalue weighted by Crippen LogP contribution is -2.17. The Kier molecular flexibility index (Phi) is 4.57. The number of anilines is 1. The van der Waals surface area contributed by atoms with Crippen LogP contribution < -0.4 is 5.32 Å². The lowest BCUT2D eigenvalue weighted by molar-refractivity contribution is 0.163. The van der Waals surface area contributed by atoms with Crippen LogP contribution in [0.5, 0.6) is 0 Å². The van der Waals surface area contributed by atoms with Gasteiger partial charge in [0.1, 0.15) is 0 Å². The van der Waals surface area contributed by atoms with Crippen molar-refractivity contribution < 1.29 is 4.74 Å². The largest absolute Gasteiger partial charge is 0.383 e. The van der Waals surface area contributed by atoms with Crippen molar-refractivity contribution in [1.82, 2.24) is 19.1 Å². The number of hydrogen-bond donors (Lipinski definition) is 1. The fourth-order valence-corrected chi connectivity index (χ4v) is 2.02. The molecule has 6 heteroatoms. The highest BCUT2D eigenvalue weighted by Gasteiger charge is 2.11. The maximum Gasteiger partial charge on any atom is 0.203 e. The van der Waals surface area contributed by atoms with E-state index in [1.165, 1.54) is 0 Å². The third-order valence-electron chi connectivity index (χ3n) is 2.95. The van der Waals surface area contributed by atoms with Crippen LogP contribution in [0.2, 0.25) is 0 Å². The van der Waals surface area contributed by atoms with Gasteiger partial charge in [-0.25, -0.2) is 9.97 Å². The lowest BCUT2D eigenvalue weighted by atomic mass is 10.3. The van der Waals surface area contributed by atoms with Gasteiger partial charge in [-0.2, -0.15) is 0 Å². The minimum absolute atomic E-state index is 0.266. The Morgan fingerprint density at radius 3 is 3.00 bits per heavy atom. The molecule has 104 valence electrons. The van der Waals surface area contributed by atoms with Gasteiger partial charge in [-0.05, 0) is 13.8 Å². The van der Waals surface area contributed by atoms with Crippen LogP contribution in [0.4, 0.5) is 5.95 Å². The SMILES string of the molecule is COCC(C)n1cc(C)nc1NCCn1ccnc1. The van der Waals surface area contributed by atoms with Crippen LogP contribution in [0, 0.1) is 6.92 Å². The highest BCUT2D eigenvalue weighted by Crippen LogP contribution is 2.15. The normalized spacial score (nSPS) is 12.6. The number of nitrogens with one attached hydrogen (secondary N) is 1. The monoisotopic (exact) mass is 263 g/mol. The van der Waals surface area contributed by atoms with Crippen molar-refractivity contribution in [3.63, 3.8) is 0 Å². The van der Waals surface area contributed by atoms with Gasteiger partial charge in [-0.15, -0.1) is 0 Å². The minimum Gasteiger partial charge on any atom is -0.383 e. The van der Waals surface area contributed by atoms with Gasteiger partial charge in [0.25, 0.3) is 0 Å². The van der Waals surface area contributed by atoms with E-state index in [0.29, 0.717) is 6.61 Å². The smallest absolute Gasteiger partial charge is 0.203 e. The Hall–Kier alpha value is -1.82. The third-order valence-corrected chi connectivity index (χ3v) is 2.95. The fourth-order valence-electron chi connectivity index (χ4n) is 2.02. The molecule has 0 amide bonds. The Bertz CT molecular complexity index is 491. The molecule has 2 heterocycles. The molecule has 19 heavy (non-hydrogen) atoms. The number of rotatable bonds is 7. The van der Waals surface area contributed by atoms with Gasteiger partial charge in [0.2, 0.25) is 5.95 Å². The summed E-state index contributed by atoms with van der Waals surface area (Å²) in [6, 6.07) is 0.266. The van der Waals surface area contributed by atoms with Crippen molar-refractivity contribution in [1.29, 1.82) is 0 Å². The summed E-state index contributed by atoms with van der Waals surface area (Å²) in [5.74, 6) is 0.891. The summed E-state index contributed by atoms with van der Waals surface area (Å²) in [5, 5.41) is 3.36. The van der Waals surface area contributed by atoms with Crippen LogP contribution in [-0.4, -0.2) is 39.4 Å². The molecule has 0 bridgehead atoms. The van der Waals surface area contributed by atoms with E-state index >= 15 is 0 Å². The zero-order chi connectivity index (χ0) is 13.7. The van der Waals surface area contributed by atoms with E-state index in [-0.39, 0.29) is 6.04 Å². The Morgan fingerprint density at radius 2 is 2.32 bits per heavy atom. The van der Waals surface area contributed by atoms with Crippen molar-refractivity contribution in [2.75, 3.05) is 25.6 Å². The molecule has 0 saturated carbocycles. The zero-order valence-corrected chi connectivity index (χ0v) is 11.7. The van der Waals surface area contributed by atoms with E-state index in [1.54, 1.807) is 13.3 Å². The number of methoxy groups -OCH3 is 1. The van der Waals surface area contributed by atoms with Crippen molar-refractivity contribution >= 4 is 5.95 Å². The highest BCUT2D eigenvalue weighted by molar-refractivity contribution is 5.29. The molecule has 0 radical (unpaired) electrons. The molecule has 1 unspecified atom stereocenters. The number of ether oxygens (including phenoxy) is 1. The van der Waals surface area contributed by atoms with Gasteiger partial charge in [-0.3, -0.25) is 0 Å². The quantitative estimate of drug-likeness (QED) is 0.826. The summed E-state index contributed by atoms with van der Waals surface area (Å²) >= 11 is 0. The molecule has 6 nitrogen and oxygen atoms in total. The summed E-state index contributed by atoms with van der Waals surface area (Å²) in [6.07, 6.45) is 7.59. The summed E-state index contributed by atoms with van der Waals surface area (Å²) < 4.78 is 9.35. The van der Waals surface area contributed by atoms with Crippen molar-refractivity contribution in [2.24, 2.45) is 0 Å². The zero-order valence-electron chi connectivity index (χ0n) is 11.7. The van der Waals surface area contributed by atoms with E-state index in [9.17, 15) is 0 Å². The maximum absolute atomic E-state index is 5.20. The molecule has 0 aliphatic carbocycles. The van der Waals surface area contributed by atoms with Crippen LogP contribution in [0.25, 0.3) is 0 Å². The second kappa shape index (κ2) is 6.38. The molecule has 0 aromatic carbocycles. The Labute approximate surface area is 113 Å². The number of imidazole rings is 2. The van der Waals surface area contributed by atoms with Crippen LogP contribution >= 0.6 is 0 Å². The standard InChI is InChI=1S/C13H21N5O/c1-11-8-18(12(2)9-19-3)13(16-11)15-5-7-17-6-4-14-10-17/h4,6,8,10,12H,5,7,9H2,1-3H3,(H,15,16). The van der Waals surface area contributed by atoms with Crippen LogP contribution in [-0.2, 0) is 11.3 Å². The molecule has 0 saturated heterocycles. The number of nitrogens with zero attached hydrogens (tertiary/aromatic N) is 4. The second-order valence-electron chi connectivity index (χ2n) is 4.64. The van der Waals surface area contributed by atoms with Gasteiger partial charge >= 0.3 is 0 Å². The van der Waals surface area contributed by atoms with Gasteiger partial charge in [0, 0.05) is 38.8 Å². The van der Waals surface area contributed by atoms with Gasteiger partial charge in [0.15, 0.2) is 0 Å². The van der Waals surface area contributed by atoms with E-state index < -0.39 is 0 Å². The van der Waals surface area contributed by atoms with Crippen LogP contribution in [0.3, 0.4) is 0 Å². The average Bonchev–Trinajstić information content (AvgIpc) is 2.99. The van der Waals surface area contributed by atoms with E-state index in [1.807, 2.05) is 30.2 Å². The maximum atomic E-state index is 5.20. The summed E-state index contributed by atoms with van der Waals surface area (Å²) in [5.41, 5.74) is 1.01. The number of aromatic nitrogens is 4. The van der Waals surface area contributed by atoms with E-state index in [2.05, 4.69) is 26.8 Å². The highest BCUT2D eigenvalue weighted by atomic mass is 16.5. The topological polar surface area (TPSA) is 56.9 Å². The van der Waals surface area contributed by atoms with Crippen molar-refractivity contribution in [2.45, 2.75) is 26.4 Å². The molecule has 2 rings (SSSR count). The Morgan fingerprint density at radius 1 is 1.47 bits per heavy atom. The van der Waals surface area contributed by atoms with Crippen molar-refractivity contribution in [3.8, 4) is 0 Å². The number of hydrogen-bond acceptors (Lipinski definition) is 4. The predicted molar refractivity (Wildman–Crippen MR) is 74.3 cm³/mol. The molecular formula is C13H21N5O. The molecule has 2 aromatic heterocycles. The fraction of sp³-hybridized carbons (Fsp3) is 0.538. The van der Waals surface area contributed by atoms with Crippen LogP contribution in [0.1, 0.15) is 18.7 Å². The molecular weight excluding hydrogens is 242 g/mol. The first-order valence-electron chi connectivity index (χ1n) is 6.44. The average molecular weight is 263 g/mol. The molecule has 0 aliphatic heterocycles. The Balaban J connectivity index is 1.95. The van der Waals surface area contributed by atoms with Gasteiger partial charge < -0.3 is 19.2 Å². The summed E-state index contributed by atoms with van der Waals surface area (Å²) in [7, 11) is 1.71. The molecule has 0 aliphatic rings. The van der Waals surface area contributed by atoms with E-state index in [4.69, 9.17) is 4.74 Å². The second-order valence-corrected chi connectivity index (χ2v) is 4.64. The first-order valence-corrected chi connectivity index (χ1v) is 6.44. The lowest BCUT2D eigenvalue weighted by Gasteiger charge is -2.16. The van der Waals surface area contributed by atoms with Gasteiger partial charge in [0.05, 0.1) is 24.7 Å². The van der Waals surface area contributed by atoms with E-state index in [0.717, 1.165) is 24.7 Å². The molecule has 0 fully saturated rings. The van der Waals surface area contributed by atoms with Crippen molar-refractivity contribution in [3.05, 3.63) is 30.6 Å². The summed E-state index contributed by atoms with van der Waals surface area (Å²) in [4.78, 5) is 8.52. The third kappa shape index (κ3) is 3.57. The molecule has 2 aromatic rings. The first-order chi connectivity index (χ1) is 9.20.